The van der Waals surface area contributed by atoms with E-state index in [2.05, 4.69) is 4.99 Å². The van der Waals surface area contributed by atoms with Crippen LogP contribution in [0.25, 0.3) is 0 Å². The Labute approximate surface area is 96.4 Å². The highest BCUT2D eigenvalue weighted by molar-refractivity contribution is 6.08. The molecule has 0 aliphatic rings. The van der Waals surface area contributed by atoms with Crippen LogP contribution in [-0.2, 0) is 0 Å². The Morgan fingerprint density at radius 3 is 2.38 bits per heavy atom. The Morgan fingerprint density at radius 1 is 1.19 bits per heavy atom. The minimum Gasteiger partial charge on any atom is -0.493 e. The predicted molar refractivity (Wildman–Crippen MR) is 66.8 cm³/mol. The summed E-state index contributed by atoms with van der Waals surface area (Å²) in [6, 6.07) is 5.76. The van der Waals surface area contributed by atoms with Crippen LogP contribution in [0.1, 0.15) is 12.5 Å². The molecular weight excluding hydrogens is 202 g/mol. The van der Waals surface area contributed by atoms with Crippen molar-refractivity contribution < 1.29 is 9.47 Å². The third-order valence-corrected chi connectivity index (χ3v) is 2.24. The van der Waals surface area contributed by atoms with Crippen LogP contribution in [0.3, 0.4) is 0 Å². The number of hydrogen-bond donors (Lipinski definition) is 0. The number of nitrogens with zero attached hydrogens (tertiary/aromatic N) is 1. The zero-order valence-corrected chi connectivity index (χ0v) is 10.2. The average Bonchev–Trinajstić information content (AvgIpc) is 2.35. The van der Waals surface area contributed by atoms with Crippen molar-refractivity contribution in [3.63, 3.8) is 0 Å². The quantitative estimate of drug-likeness (QED) is 0.729. The molecule has 0 aliphatic carbocycles. The largest absolute Gasteiger partial charge is 0.493 e. The van der Waals surface area contributed by atoms with Crippen LogP contribution in [0.5, 0.6) is 11.5 Å². The van der Waals surface area contributed by atoms with Crippen molar-refractivity contribution in [2.75, 3.05) is 21.3 Å². The number of ether oxygens (including phenoxy) is 2. The monoisotopic (exact) mass is 219 g/mol. The van der Waals surface area contributed by atoms with Gasteiger partial charge in [-0.2, -0.15) is 0 Å². The maximum absolute atomic E-state index is 5.25. The third kappa shape index (κ3) is 2.63. The third-order valence-electron chi connectivity index (χ3n) is 2.24. The lowest BCUT2D eigenvalue weighted by atomic mass is 10.1. The maximum atomic E-state index is 5.25. The Kier molecular flexibility index (Phi) is 4.58. The molecule has 0 N–H and O–H groups in total. The molecule has 1 rings (SSSR count). The minimum absolute atomic E-state index is 0.714. The second kappa shape index (κ2) is 5.95. The van der Waals surface area contributed by atoms with E-state index in [0.717, 1.165) is 17.0 Å². The molecule has 0 saturated carbocycles. The van der Waals surface area contributed by atoms with E-state index in [-0.39, 0.29) is 0 Å². The van der Waals surface area contributed by atoms with Crippen LogP contribution >= 0.6 is 0 Å². The zero-order valence-electron chi connectivity index (χ0n) is 10.2. The summed E-state index contributed by atoms with van der Waals surface area (Å²) in [6.45, 7) is 1.96. The molecule has 0 spiro atoms. The Hall–Kier alpha value is -1.77. The summed E-state index contributed by atoms with van der Waals surface area (Å²) in [6.07, 6.45) is 3.92. The van der Waals surface area contributed by atoms with Crippen LogP contribution in [0.15, 0.2) is 35.3 Å². The summed E-state index contributed by atoms with van der Waals surface area (Å²) < 4.78 is 10.4. The molecule has 1 aromatic carbocycles. The first-order valence-electron chi connectivity index (χ1n) is 5.08. The molecule has 0 amide bonds. The summed E-state index contributed by atoms with van der Waals surface area (Å²) in [7, 11) is 5.02. The molecule has 0 unspecified atom stereocenters. The van der Waals surface area contributed by atoms with Crippen molar-refractivity contribution in [3.8, 4) is 11.5 Å². The van der Waals surface area contributed by atoms with Gasteiger partial charge in [0.15, 0.2) is 11.5 Å². The van der Waals surface area contributed by atoms with Gasteiger partial charge in [0.25, 0.3) is 0 Å². The molecule has 0 aromatic heterocycles. The zero-order chi connectivity index (χ0) is 12.0. The molecule has 0 fully saturated rings. The Bertz CT molecular complexity index is 408. The normalized spacial score (nSPS) is 11.9. The molecular formula is C13H17NO2. The molecule has 3 nitrogen and oxygen atoms in total. The van der Waals surface area contributed by atoms with Crippen LogP contribution in [0.2, 0.25) is 0 Å². The van der Waals surface area contributed by atoms with Crippen LogP contribution in [0, 0.1) is 0 Å². The van der Waals surface area contributed by atoms with Crippen LogP contribution < -0.4 is 9.47 Å². The molecule has 0 aliphatic heterocycles. The van der Waals surface area contributed by atoms with E-state index < -0.39 is 0 Å². The van der Waals surface area contributed by atoms with Gasteiger partial charge >= 0.3 is 0 Å². The van der Waals surface area contributed by atoms with Gasteiger partial charge in [0.1, 0.15) is 0 Å². The average molecular weight is 219 g/mol. The maximum Gasteiger partial charge on any atom is 0.161 e. The lowest BCUT2D eigenvalue weighted by Crippen LogP contribution is -1.98. The van der Waals surface area contributed by atoms with Crippen LogP contribution in [-0.4, -0.2) is 27.0 Å². The smallest absolute Gasteiger partial charge is 0.161 e. The summed E-state index contributed by atoms with van der Waals surface area (Å²) in [4.78, 5) is 4.21. The molecule has 0 saturated heterocycles. The van der Waals surface area contributed by atoms with Gasteiger partial charge in [0.05, 0.1) is 19.9 Å². The van der Waals surface area contributed by atoms with Crippen molar-refractivity contribution in [1.82, 2.24) is 0 Å². The van der Waals surface area contributed by atoms with Crippen molar-refractivity contribution in [1.29, 1.82) is 0 Å². The first-order valence-corrected chi connectivity index (χ1v) is 5.08. The van der Waals surface area contributed by atoms with Gasteiger partial charge in [0, 0.05) is 12.6 Å². The fourth-order valence-electron chi connectivity index (χ4n) is 1.45. The van der Waals surface area contributed by atoms with Crippen molar-refractivity contribution in [2.24, 2.45) is 4.99 Å². The molecule has 0 radical (unpaired) electrons. The van der Waals surface area contributed by atoms with Gasteiger partial charge in [-0.05, 0) is 31.2 Å². The summed E-state index contributed by atoms with van der Waals surface area (Å²) in [5.41, 5.74) is 1.93. The number of benzene rings is 1. The van der Waals surface area contributed by atoms with E-state index >= 15 is 0 Å². The van der Waals surface area contributed by atoms with E-state index in [1.54, 1.807) is 21.3 Å². The number of allylic oxidation sites excluding steroid dienone is 2. The SMILES string of the molecule is C/C=C\C(=NC)c1ccc(OC)c(OC)c1. The number of hydrogen-bond acceptors (Lipinski definition) is 3. The summed E-state index contributed by atoms with van der Waals surface area (Å²) in [5.74, 6) is 1.44. The molecule has 0 atom stereocenters. The summed E-state index contributed by atoms with van der Waals surface area (Å²) in [5, 5.41) is 0. The Morgan fingerprint density at radius 2 is 1.88 bits per heavy atom. The predicted octanol–water partition coefficient (Wildman–Crippen LogP) is 2.70. The highest BCUT2D eigenvalue weighted by Crippen LogP contribution is 2.27. The first kappa shape index (κ1) is 12.3. The standard InChI is InChI=1S/C13H17NO2/c1-5-6-11(14-2)10-7-8-12(15-3)13(9-10)16-4/h5-9H,1-4H3/b6-5-,14-11?. The first-order chi connectivity index (χ1) is 7.76. The molecule has 16 heavy (non-hydrogen) atoms. The second-order valence-corrected chi connectivity index (χ2v) is 3.18. The molecule has 3 heteroatoms. The molecule has 0 bridgehead atoms. The number of methoxy groups -OCH3 is 2. The van der Waals surface area contributed by atoms with E-state index in [1.807, 2.05) is 37.3 Å². The lowest BCUT2D eigenvalue weighted by molar-refractivity contribution is 0.355. The van der Waals surface area contributed by atoms with E-state index in [1.165, 1.54) is 0 Å². The molecule has 1 aromatic rings. The highest BCUT2D eigenvalue weighted by atomic mass is 16.5. The van der Waals surface area contributed by atoms with Crippen molar-refractivity contribution in [2.45, 2.75) is 6.92 Å². The minimum atomic E-state index is 0.714. The lowest BCUT2D eigenvalue weighted by Gasteiger charge is -2.09. The summed E-state index contributed by atoms with van der Waals surface area (Å²) >= 11 is 0. The van der Waals surface area contributed by atoms with Crippen molar-refractivity contribution >= 4 is 5.71 Å². The molecule has 86 valence electrons. The van der Waals surface area contributed by atoms with Gasteiger partial charge < -0.3 is 9.47 Å². The van der Waals surface area contributed by atoms with Crippen molar-refractivity contribution in [3.05, 3.63) is 35.9 Å². The topological polar surface area (TPSA) is 30.8 Å². The van der Waals surface area contributed by atoms with Crippen LogP contribution in [0.4, 0.5) is 0 Å². The number of aliphatic imine (C=N–C) groups is 1. The fraction of sp³-hybridized carbons (Fsp3) is 0.308. The van der Waals surface area contributed by atoms with Gasteiger partial charge in [-0.3, -0.25) is 4.99 Å². The van der Waals surface area contributed by atoms with Gasteiger partial charge in [0.2, 0.25) is 0 Å². The Balaban J connectivity index is 3.16. The van der Waals surface area contributed by atoms with E-state index in [0.29, 0.717) is 5.75 Å². The van der Waals surface area contributed by atoms with Gasteiger partial charge in [-0.25, -0.2) is 0 Å². The van der Waals surface area contributed by atoms with E-state index in [4.69, 9.17) is 9.47 Å². The highest BCUT2D eigenvalue weighted by Gasteiger charge is 2.06. The fourth-order valence-corrected chi connectivity index (χ4v) is 1.45. The van der Waals surface area contributed by atoms with E-state index in [9.17, 15) is 0 Å². The van der Waals surface area contributed by atoms with Gasteiger partial charge in [-0.15, -0.1) is 0 Å². The van der Waals surface area contributed by atoms with Gasteiger partial charge in [-0.1, -0.05) is 6.08 Å². The second-order valence-electron chi connectivity index (χ2n) is 3.18. The molecule has 0 heterocycles. The number of rotatable bonds is 4.